The first kappa shape index (κ1) is 17.8. The molecule has 0 bridgehead atoms. The summed E-state index contributed by atoms with van der Waals surface area (Å²) in [6.45, 7) is 1.57. The number of carbonyl (C=O) groups excluding carboxylic acids is 1. The van der Waals surface area contributed by atoms with Crippen LogP contribution in [-0.4, -0.2) is 54.0 Å². The standard InChI is InChI=1S/C20H23ClN2O2/c1-22(2)17-4-3-11-23(13-17)20(25)15-7-5-14(6-8-15)18-12-16(21)9-10-19(18)24/h5-10,12,17,24H,3-4,11,13H2,1-2H3/t17-/m0/s1. The molecule has 0 spiro atoms. The number of hydrogen-bond acceptors (Lipinski definition) is 3. The van der Waals surface area contributed by atoms with Gasteiger partial charge in [0.25, 0.3) is 5.91 Å². The highest BCUT2D eigenvalue weighted by Gasteiger charge is 2.25. The Bertz CT molecular complexity index is 759. The van der Waals surface area contributed by atoms with Crippen molar-refractivity contribution in [1.82, 2.24) is 9.80 Å². The van der Waals surface area contributed by atoms with Crippen LogP contribution in [0.5, 0.6) is 5.75 Å². The van der Waals surface area contributed by atoms with Crippen LogP contribution in [0.3, 0.4) is 0 Å². The minimum absolute atomic E-state index is 0.0633. The van der Waals surface area contributed by atoms with Gasteiger partial charge in [0.05, 0.1) is 0 Å². The van der Waals surface area contributed by atoms with Gasteiger partial charge in [-0.2, -0.15) is 0 Å². The SMILES string of the molecule is CN(C)[C@H]1CCCN(C(=O)c2ccc(-c3cc(Cl)ccc3O)cc2)C1. The summed E-state index contributed by atoms with van der Waals surface area (Å²) in [6, 6.07) is 12.7. The van der Waals surface area contributed by atoms with Crippen molar-refractivity contribution in [2.24, 2.45) is 0 Å². The molecule has 0 aromatic heterocycles. The van der Waals surface area contributed by atoms with E-state index in [0.717, 1.165) is 31.5 Å². The predicted molar refractivity (Wildman–Crippen MR) is 101 cm³/mol. The van der Waals surface area contributed by atoms with Gasteiger partial charge in [0, 0.05) is 35.3 Å². The van der Waals surface area contributed by atoms with Gasteiger partial charge >= 0.3 is 0 Å². The van der Waals surface area contributed by atoms with E-state index in [1.165, 1.54) is 0 Å². The van der Waals surface area contributed by atoms with Gasteiger partial charge in [0.1, 0.15) is 5.75 Å². The van der Waals surface area contributed by atoms with Gasteiger partial charge < -0.3 is 14.9 Å². The second kappa shape index (κ2) is 7.46. The van der Waals surface area contributed by atoms with E-state index in [2.05, 4.69) is 19.0 Å². The van der Waals surface area contributed by atoms with E-state index in [1.54, 1.807) is 18.2 Å². The van der Waals surface area contributed by atoms with Crippen molar-refractivity contribution >= 4 is 17.5 Å². The van der Waals surface area contributed by atoms with Crippen LogP contribution in [0, 0.1) is 0 Å². The minimum atomic E-state index is 0.0633. The number of likely N-dealkylation sites (N-methyl/N-ethyl adjacent to an activating group) is 1. The first-order valence-electron chi connectivity index (χ1n) is 8.50. The van der Waals surface area contributed by atoms with Crippen LogP contribution in [0.15, 0.2) is 42.5 Å². The average Bonchev–Trinajstić information content (AvgIpc) is 2.63. The third-order valence-corrected chi connectivity index (χ3v) is 5.05. The molecule has 0 aliphatic carbocycles. The summed E-state index contributed by atoms with van der Waals surface area (Å²) >= 11 is 6.01. The summed E-state index contributed by atoms with van der Waals surface area (Å²) in [5, 5.41) is 10.6. The maximum atomic E-state index is 12.8. The molecule has 1 N–H and O–H groups in total. The molecular formula is C20H23ClN2O2. The molecule has 2 aromatic carbocycles. The van der Waals surface area contributed by atoms with Crippen molar-refractivity contribution in [2.45, 2.75) is 18.9 Å². The molecular weight excluding hydrogens is 336 g/mol. The molecule has 0 radical (unpaired) electrons. The Morgan fingerprint density at radius 3 is 2.60 bits per heavy atom. The van der Waals surface area contributed by atoms with Crippen molar-refractivity contribution in [3.63, 3.8) is 0 Å². The van der Waals surface area contributed by atoms with E-state index in [9.17, 15) is 9.90 Å². The van der Waals surface area contributed by atoms with Crippen molar-refractivity contribution in [3.8, 4) is 16.9 Å². The number of rotatable bonds is 3. The molecule has 25 heavy (non-hydrogen) atoms. The molecule has 1 heterocycles. The first-order chi connectivity index (χ1) is 12.0. The zero-order valence-corrected chi connectivity index (χ0v) is 15.3. The van der Waals surface area contributed by atoms with Crippen LogP contribution in [0.1, 0.15) is 23.2 Å². The Morgan fingerprint density at radius 2 is 1.92 bits per heavy atom. The summed E-state index contributed by atoms with van der Waals surface area (Å²) in [5.41, 5.74) is 2.17. The minimum Gasteiger partial charge on any atom is -0.507 e. The number of carbonyl (C=O) groups is 1. The Balaban J connectivity index is 1.78. The highest BCUT2D eigenvalue weighted by Crippen LogP contribution is 2.32. The van der Waals surface area contributed by atoms with Gasteiger partial charge in [-0.15, -0.1) is 0 Å². The van der Waals surface area contributed by atoms with E-state index in [1.807, 2.05) is 29.2 Å². The number of nitrogens with zero attached hydrogens (tertiary/aromatic N) is 2. The molecule has 0 unspecified atom stereocenters. The van der Waals surface area contributed by atoms with E-state index >= 15 is 0 Å². The van der Waals surface area contributed by atoms with Crippen LogP contribution < -0.4 is 0 Å². The van der Waals surface area contributed by atoms with Crippen LogP contribution in [0.2, 0.25) is 5.02 Å². The number of likely N-dealkylation sites (tertiary alicyclic amines) is 1. The highest BCUT2D eigenvalue weighted by atomic mass is 35.5. The molecule has 132 valence electrons. The van der Waals surface area contributed by atoms with Crippen LogP contribution in [0.4, 0.5) is 0 Å². The Labute approximate surface area is 153 Å². The molecule has 1 aliphatic rings. The molecule has 1 aliphatic heterocycles. The fourth-order valence-corrected chi connectivity index (χ4v) is 3.45. The molecule has 0 saturated carbocycles. The maximum Gasteiger partial charge on any atom is 0.253 e. The average molecular weight is 359 g/mol. The lowest BCUT2D eigenvalue weighted by molar-refractivity contribution is 0.0635. The number of benzene rings is 2. The van der Waals surface area contributed by atoms with Crippen molar-refractivity contribution in [1.29, 1.82) is 0 Å². The van der Waals surface area contributed by atoms with E-state index in [0.29, 0.717) is 22.2 Å². The Kier molecular flexibility index (Phi) is 5.30. The summed E-state index contributed by atoms with van der Waals surface area (Å²) in [6.07, 6.45) is 2.16. The van der Waals surface area contributed by atoms with Crippen LogP contribution in [0.25, 0.3) is 11.1 Å². The van der Waals surface area contributed by atoms with Gasteiger partial charge in [-0.3, -0.25) is 4.79 Å². The second-order valence-electron chi connectivity index (χ2n) is 6.75. The molecule has 1 fully saturated rings. The van der Waals surface area contributed by atoms with Crippen molar-refractivity contribution in [3.05, 3.63) is 53.1 Å². The molecule has 3 rings (SSSR count). The number of hydrogen-bond donors (Lipinski definition) is 1. The van der Waals surface area contributed by atoms with Crippen molar-refractivity contribution < 1.29 is 9.90 Å². The lowest BCUT2D eigenvalue weighted by atomic mass is 10.0. The number of phenols is 1. The molecule has 1 amide bonds. The van der Waals surface area contributed by atoms with Gasteiger partial charge in [0.2, 0.25) is 0 Å². The molecule has 4 nitrogen and oxygen atoms in total. The largest absolute Gasteiger partial charge is 0.507 e. The predicted octanol–water partition coefficient (Wildman–Crippen LogP) is 3.88. The van der Waals surface area contributed by atoms with E-state index in [-0.39, 0.29) is 11.7 Å². The Morgan fingerprint density at radius 1 is 1.20 bits per heavy atom. The zero-order valence-electron chi connectivity index (χ0n) is 14.6. The number of piperidine rings is 1. The molecule has 5 heteroatoms. The highest BCUT2D eigenvalue weighted by molar-refractivity contribution is 6.31. The fraction of sp³-hybridized carbons (Fsp3) is 0.350. The van der Waals surface area contributed by atoms with Gasteiger partial charge in [0.15, 0.2) is 0 Å². The third-order valence-electron chi connectivity index (χ3n) is 4.82. The molecule has 1 atom stereocenters. The fourth-order valence-electron chi connectivity index (χ4n) is 3.28. The lowest BCUT2D eigenvalue weighted by Gasteiger charge is -2.36. The molecule has 1 saturated heterocycles. The number of phenolic OH excluding ortho intramolecular Hbond substituents is 1. The number of amides is 1. The lowest BCUT2D eigenvalue weighted by Crippen LogP contribution is -2.47. The normalized spacial score (nSPS) is 17.8. The smallest absolute Gasteiger partial charge is 0.253 e. The van der Waals surface area contributed by atoms with Crippen molar-refractivity contribution in [2.75, 3.05) is 27.2 Å². The van der Waals surface area contributed by atoms with E-state index < -0.39 is 0 Å². The summed E-state index contributed by atoms with van der Waals surface area (Å²) in [7, 11) is 4.12. The monoisotopic (exact) mass is 358 g/mol. The summed E-state index contributed by atoms with van der Waals surface area (Å²) in [5.74, 6) is 0.238. The van der Waals surface area contributed by atoms with Crippen LogP contribution >= 0.6 is 11.6 Å². The summed E-state index contributed by atoms with van der Waals surface area (Å²) in [4.78, 5) is 16.9. The number of halogens is 1. The number of aromatic hydroxyl groups is 1. The zero-order chi connectivity index (χ0) is 18.0. The first-order valence-corrected chi connectivity index (χ1v) is 8.88. The maximum absolute atomic E-state index is 12.8. The molecule has 2 aromatic rings. The topological polar surface area (TPSA) is 43.8 Å². The van der Waals surface area contributed by atoms with Gasteiger partial charge in [-0.05, 0) is 62.8 Å². The van der Waals surface area contributed by atoms with Crippen LogP contribution in [-0.2, 0) is 0 Å². The Hall–Kier alpha value is -2.04. The van der Waals surface area contributed by atoms with Gasteiger partial charge in [-0.25, -0.2) is 0 Å². The van der Waals surface area contributed by atoms with E-state index in [4.69, 9.17) is 11.6 Å². The third kappa shape index (κ3) is 3.97. The van der Waals surface area contributed by atoms with Gasteiger partial charge in [-0.1, -0.05) is 23.7 Å². The summed E-state index contributed by atoms with van der Waals surface area (Å²) < 4.78 is 0. The second-order valence-corrected chi connectivity index (χ2v) is 7.19. The quantitative estimate of drug-likeness (QED) is 0.905.